The second-order valence-electron chi connectivity index (χ2n) is 9.13. The molecular formula is C26H33N3Si. The first-order valence-corrected chi connectivity index (χ1v) is 14.2. The maximum atomic E-state index is 5.95. The minimum atomic E-state index is -1.34. The summed E-state index contributed by atoms with van der Waals surface area (Å²) in [5.41, 5.74) is 17.5. The Morgan fingerprint density at radius 2 is 1.17 bits per heavy atom. The van der Waals surface area contributed by atoms with Crippen molar-refractivity contribution in [3.05, 3.63) is 83.9 Å². The van der Waals surface area contributed by atoms with Crippen LogP contribution in [-0.2, 0) is 0 Å². The van der Waals surface area contributed by atoms with Crippen LogP contribution in [-0.4, -0.2) is 8.07 Å². The molecule has 3 aromatic carbocycles. The van der Waals surface area contributed by atoms with Crippen LogP contribution in [0.1, 0.15) is 43.0 Å². The number of nitrogens with two attached hydrogens (primary N) is 2. The summed E-state index contributed by atoms with van der Waals surface area (Å²) in [6, 6.07) is 28.1. The van der Waals surface area contributed by atoms with Crippen molar-refractivity contribution >= 4 is 30.3 Å². The first kappa shape index (κ1) is 20.5. The van der Waals surface area contributed by atoms with E-state index in [0.29, 0.717) is 12.1 Å². The molecule has 3 aromatic rings. The van der Waals surface area contributed by atoms with E-state index in [1.807, 2.05) is 24.3 Å². The minimum Gasteiger partial charge on any atom is -0.399 e. The van der Waals surface area contributed by atoms with E-state index in [1.165, 1.54) is 28.0 Å². The lowest BCUT2D eigenvalue weighted by Crippen LogP contribution is -2.40. The number of anilines is 3. The van der Waals surface area contributed by atoms with Crippen molar-refractivity contribution in [2.45, 2.75) is 51.0 Å². The molecule has 0 aliphatic carbocycles. The largest absolute Gasteiger partial charge is 0.399 e. The molecule has 156 valence electrons. The Hall–Kier alpha value is -2.72. The molecule has 2 atom stereocenters. The van der Waals surface area contributed by atoms with Gasteiger partial charge in [0.15, 0.2) is 0 Å². The summed E-state index contributed by atoms with van der Waals surface area (Å²) in [5.74, 6) is 0. The van der Waals surface area contributed by atoms with E-state index < -0.39 is 8.07 Å². The smallest absolute Gasteiger partial charge is 0.0803 e. The van der Waals surface area contributed by atoms with Crippen LogP contribution < -0.4 is 21.6 Å². The van der Waals surface area contributed by atoms with Crippen molar-refractivity contribution in [3.8, 4) is 0 Å². The van der Waals surface area contributed by atoms with Crippen LogP contribution in [0.25, 0.3) is 0 Å². The van der Waals surface area contributed by atoms with E-state index in [2.05, 4.69) is 73.4 Å². The average Bonchev–Trinajstić information content (AvgIpc) is 3.20. The number of nitrogen functional groups attached to an aromatic ring is 2. The van der Waals surface area contributed by atoms with Gasteiger partial charge in [-0.15, -0.1) is 0 Å². The SMILES string of the molecule is CC[Si](C)(C)c1ccc(N2[C@H](c3ccc(N)cc3)CC[C@H]2c2ccc(N)cc2)cc1. The van der Waals surface area contributed by atoms with Gasteiger partial charge in [0.2, 0.25) is 0 Å². The van der Waals surface area contributed by atoms with Crippen molar-refractivity contribution in [2.24, 2.45) is 0 Å². The maximum absolute atomic E-state index is 5.95. The third-order valence-corrected chi connectivity index (χ3v) is 10.5. The van der Waals surface area contributed by atoms with E-state index in [4.69, 9.17) is 11.5 Å². The first-order chi connectivity index (χ1) is 14.4. The van der Waals surface area contributed by atoms with Crippen LogP contribution >= 0.6 is 0 Å². The van der Waals surface area contributed by atoms with Crippen LogP contribution in [0, 0.1) is 0 Å². The molecule has 4 heteroatoms. The van der Waals surface area contributed by atoms with Crippen molar-refractivity contribution in [2.75, 3.05) is 16.4 Å². The summed E-state index contributed by atoms with van der Waals surface area (Å²) in [6.07, 6.45) is 2.24. The molecule has 30 heavy (non-hydrogen) atoms. The molecule has 0 radical (unpaired) electrons. The highest BCUT2D eigenvalue weighted by Gasteiger charge is 2.35. The fourth-order valence-electron chi connectivity index (χ4n) is 4.55. The van der Waals surface area contributed by atoms with Gasteiger partial charge in [0.25, 0.3) is 0 Å². The van der Waals surface area contributed by atoms with Crippen molar-refractivity contribution in [1.29, 1.82) is 0 Å². The molecule has 4 rings (SSSR count). The maximum Gasteiger partial charge on any atom is 0.0803 e. The third kappa shape index (κ3) is 3.97. The first-order valence-electron chi connectivity index (χ1n) is 11.0. The number of rotatable bonds is 5. The van der Waals surface area contributed by atoms with Gasteiger partial charge in [-0.1, -0.05) is 67.6 Å². The Balaban J connectivity index is 1.74. The molecule has 4 N–H and O–H groups in total. The Bertz CT molecular complexity index is 925. The molecule has 0 amide bonds. The Morgan fingerprint density at radius 1 is 0.733 bits per heavy atom. The average molecular weight is 416 g/mol. The van der Waals surface area contributed by atoms with Gasteiger partial charge in [-0.25, -0.2) is 0 Å². The molecule has 0 saturated carbocycles. The van der Waals surface area contributed by atoms with Crippen LogP contribution in [0.15, 0.2) is 72.8 Å². The van der Waals surface area contributed by atoms with Gasteiger partial charge in [-0.3, -0.25) is 0 Å². The molecule has 1 heterocycles. The van der Waals surface area contributed by atoms with Gasteiger partial charge < -0.3 is 16.4 Å². The molecule has 0 unspecified atom stereocenters. The number of benzene rings is 3. The van der Waals surface area contributed by atoms with Crippen LogP contribution in [0.5, 0.6) is 0 Å². The molecule has 3 nitrogen and oxygen atoms in total. The molecular weight excluding hydrogens is 382 g/mol. The molecule has 1 aliphatic heterocycles. The van der Waals surface area contributed by atoms with E-state index in [1.54, 1.807) is 0 Å². The summed E-state index contributed by atoms with van der Waals surface area (Å²) in [5, 5.41) is 1.53. The summed E-state index contributed by atoms with van der Waals surface area (Å²) >= 11 is 0. The van der Waals surface area contributed by atoms with E-state index in [-0.39, 0.29) is 0 Å². The van der Waals surface area contributed by atoms with E-state index in [9.17, 15) is 0 Å². The predicted octanol–water partition coefficient (Wildman–Crippen LogP) is 5.87. The Kier molecular flexibility index (Phi) is 5.61. The molecule has 1 fully saturated rings. The quantitative estimate of drug-likeness (QED) is 0.405. The Labute approximate surface area is 181 Å². The zero-order chi connectivity index (χ0) is 21.3. The predicted molar refractivity (Wildman–Crippen MR) is 133 cm³/mol. The normalized spacial score (nSPS) is 19.2. The van der Waals surface area contributed by atoms with Crippen LogP contribution in [0.4, 0.5) is 17.1 Å². The van der Waals surface area contributed by atoms with Gasteiger partial charge in [-0.05, 0) is 60.4 Å². The molecule has 0 bridgehead atoms. The van der Waals surface area contributed by atoms with Gasteiger partial charge in [-0.2, -0.15) is 0 Å². The highest BCUT2D eigenvalue weighted by Crippen LogP contribution is 2.46. The third-order valence-electron chi connectivity index (χ3n) is 6.86. The van der Waals surface area contributed by atoms with Crippen molar-refractivity contribution in [3.63, 3.8) is 0 Å². The fraction of sp³-hybridized carbons (Fsp3) is 0.308. The van der Waals surface area contributed by atoms with Gasteiger partial charge in [0, 0.05) is 17.1 Å². The van der Waals surface area contributed by atoms with Crippen molar-refractivity contribution < 1.29 is 0 Å². The van der Waals surface area contributed by atoms with Crippen LogP contribution in [0.3, 0.4) is 0 Å². The molecule has 0 aromatic heterocycles. The van der Waals surface area contributed by atoms with E-state index >= 15 is 0 Å². The summed E-state index contributed by atoms with van der Waals surface area (Å²) < 4.78 is 0. The summed E-state index contributed by atoms with van der Waals surface area (Å²) in [7, 11) is -1.34. The standard InChI is InChI=1S/C26H33N3Si/c1-4-30(2,3)24-15-13-23(14-16-24)29-25(19-5-9-21(27)10-6-19)17-18-26(29)20-7-11-22(28)12-8-20/h5-16,25-26H,4,17-18,27-28H2,1-3H3/t25-,26-/m0/s1. The number of nitrogens with zero attached hydrogens (tertiary/aromatic N) is 1. The lowest BCUT2D eigenvalue weighted by atomic mass is 10.0. The van der Waals surface area contributed by atoms with E-state index in [0.717, 1.165) is 24.2 Å². The second kappa shape index (κ2) is 8.19. The highest BCUT2D eigenvalue weighted by atomic mass is 28.3. The lowest BCUT2D eigenvalue weighted by molar-refractivity contribution is 0.675. The number of hydrogen-bond donors (Lipinski definition) is 2. The van der Waals surface area contributed by atoms with Crippen LogP contribution in [0.2, 0.25) is 19.1 Å². The zero-order valence-electron chi connectivity index (χ0n) is 18.3. The number of hydrogen-bond acceptors (Lipinski definition) is 3. The summed E-state index contributed by atoms with van der Waals surface area (Å²) in [4.78, 5) is 2.60. The monoisotopic (exact) mass is 415 g/mol. The minimum absolute atomic E-state index is 0.343. The zero-order valence-corrected chi connectivity index (χ0v) is 19.3. The van der Waals surface area contributed by atoms with Gasteiger partial charge in [0.05, 0.1) is 20.2 Å². The van der Waals surface area contributed by atoms with Crippen molar-refractivity contribution in [1.82, 2.24) is 0 Å². The molecule has 1 saturated heterocycles. The topological polar surface area (TPSA) is 55.3 Å². The second-order valence-corrected chi connectivity index (χ2v) is 14.2. The molecule has 1 aliphatic rings. The van der Waals surface area contributed by atoms with Gasteiger partial charge in [0.1, 0.15) is 0 Å². The lowest BCUT2D eigenvalue weighted by Gasteiger charge is -2.34. The van der Waals surface area contributed by atoms with Gasteiger partial charge >= 0.3 is 0 Å². The molecule has 0 spiro atoms. The highest BCUT2D eigenvalue weighted by molar-refractivity contribution is 6.89. The summed E-state index contributed by atoms with van der Waals surface area (Å²) in [6.45, 7) is 7.22. The Morgan fingerprint density at radius 3 is 1.57 bits per heavy atom. The fourth-order valence-corrected chi connectivity index (χ4v) is 6.03.